The van der Waals surface area contributed by atoms with Crippen molar-refractivity contribution in [3.63, 3.8) is 0 Å². The largest absolute Gasteiger partial charge is 0.383 e. The Kier molecular flexibility index (Phi) is 5.68. The van der Waals surface area contributed by atoms with E-state index in [-0.39, 0.29) is 12.5 Å². The first-order chi connectivity index (χ1) is 9.64. The number of anilines is 1. The summed E-state index contributed by atoms with van der Waals surface area (Å²) in [5.74, 6) is -0.281. The second kappa shape index (κ2) is 6.86. The van der Waals surface area contributed by atoms with Crippen LogP contribution in [-0.2, 0) is 10.0 Å². The predicted molar refractivity (Wildman–Crippen MR) is 82.8 cm³/mol. The quantitative estimate of drug-likeness (QED) is 0.683. The van der Waals surface area contributed by atoms with E-state index in [0.717, 1.165) is 6.26 Å². The van der Waals surface area contributed by atoms with Crippen LogP contribution in [0.5, 0.6) is 0 Å². The highest BCUT2D eigenvalue weighted by atomic mass is 32.2. The average molecular weight is 314 g/mol. The van der Waals surface area contributed by atoms with Crippen molar-refractivity contribution in [1.82, 2.24) is 15.0 Å². The Labute approximate surface area is 125 Å². The number of carbonyl (C=O) groups is 1. The Morgan fingerprint density at radius 1 is 1.38 bits per heavy atom. The van der Waals surface area contributed by atoms with E-state index < -0.39 is 15.6 Å². The lowest BCUT2D eigenvalue weighted by molar-refractivity contribution is 0.0945. The zero-order chi connectivity index (χ0) is 16.1. The van der Waals surface area contributed by atoms with Crippen molar-refractivity contribution in [2.45, 2.75) is 26.3 Å². The van der Waals surface area contributed by atoms with Crippen LogP contribution in [0.4, 0.5) is 5.69 Å². The fraction of sp³-hybridized carbons (Fsp3) is 0.538. The number of hydrogen-bond acceptors (Lipinski definition) is 5. The first kappa shape index (κ1) is 17.4. The first-order valence-corrected chi connectivity index (χ1v) is 8.49. The standard InChI is InChI=1S/C13H22N4O3S/c1-5-15-11-8-14-7-6-10(11)12(18)16-9-13(2,3)17-21(4,19)20/h6-8,15,17H,5,9H2,1-4H3,(H,16,18). The van der Waals surface area contributed by atoms with Gasteiger partial charge in [0.2, 0.25) is 10.0 Å². The molecule has 118 valence electrons. The topological polar surface area (TPSA) is 100 Å². The van der Waals surface area contributed by atoms with Crippen LogP contribution in [0.3, 0.4) is 0 Å². The Morgan fingerprint density at radius 3 is 2.62 bits per heavy atom. The van der Waals surface area contributed by atoms with Crippen LogP contribution in [0.25, 0.3) is 0 Å². The highest BCUT2D eigenvalue weighted by Crippen LogP contribution is 2.13. The summed E-state index contributed by atoms with van der Waals surface area (Å²) in [6, 6.07) is 1.62. The molecule has 1 heterocycles. The zero-order valence-corrected chi connectivity index (χ0v) is 13.5. The van der Waals surface area contributed by atoms with E-state index in [4.69, 9.17) is 0 Å². The summed E-state index contributed by atoms with van der Waals surface area (Å²) in [6.45, 7) is 6.17. The third-order valence-corrected chi connectivity index (χ3v) is 3.51. The lowest BCUT2D eigenvalue weighted by atomic mass is 10.1. The molecule has 0 aliphatic rings. The third-order valence-electron chi connectivity index (χ3n) is 2.59. The van der Waals surface area contributed by atoms with Gasteiger partial charge in [-0.2, -0.15) is 0 Å². The zero-order valence-electron chi connectivity index (χ0n) is 12.7. The molecule has 1 aromatic heterocycles. The van der Waals surface area contributed by atoms with Gasteiger partial charge in [0, 0.05) is 24.8 Å². The summed E-state index contributed by atoms with van der Waals surface area (Å²) in [4.78, 5) is 16.2. The molecule has 1 aromatic rings. The minimum atomic E-state index is -3.33. The van der Waals surface area contributed by atoms with Gasteiger partial charge in [-0.25, -0.2) is 13.1 Å². The van der Waals surface area contributed by atoms with Crippen LogP contribution in [0, 0.1) is 0 Å². The number of hydrogen-bond donors (Lipinski definition) is 3. The van der Waals surface area contributed by atoms with E-state index in [9.17, 15) is 13.2 Å². The van der Waals surface area contributed by atoms with Gasteiger partial charge in [-0.15, -0.1) is 0 Å². The van der Waals surface area contributed by atoms with Crippen LogP contribution in [-0.4, -0.2) is 44.2 Å². The van der Waals surface area contributed by atoms with Gasteiger partial charge in [-0.05, 0) is 26.8 Å². The molecule has 0 aliphatic heterocycles. The molecular formula is C13H22N4O3S. The molecule has 3 N–H and O–H groups in total. The maximum absolute atomic E-state index is 12.2. The van der Waals surface area contributed by atoms with Crippen molar-refractivity contribution in [2.24, 2.45) is 0 Å². The highest BCUT2D eigenvalue weighted by Gasteiger charge is 2.23. The maximum atomic E-state index is 12.2. The van der Waals surface area contributed by atoms with E-state index >= 15 is 0 Å². The summed E-state index contributed by atoms with van der Waals surface area (Å²) in [6.07, 6.45) is 4.21. The molecule has 0 spiro atoms. The van der Waals surface area contributed by atoms with E-state index in [2.05, 4.69) is 20.3 Å². The maximum Gasteiger partial charge on any atom is 0.253 e. The Morgan fingerprint density at radius 2 is 2.05 bits per heavy atom. The van der Waals surface area contributed by atoms with E-state index in [0.29, 0.717) is 17.8 Å². The van der Waals surface area contributed by atoms with Crippen molar-refractivity contribution >= 4 is 21.6 Å². The van der Waals surface area contributed by atoms with Crippen molar-refractivity contribution in [1.29, 1.82) is 0 Å². The number of carbonyl (C=O) groups excluding carboxylic acids is 1. The van der Waals surface area contributed by atoms with Crippen LogP contribution in [0.1, 0.15) is 31.1 Å². The van der Waals surface area contributed by atoms with Crippen LogP contribution < -0.4 is 15.4 Å². The van der Waals surface area contributed by atoms with E-state index in [1.165, 1.54) is 6.20 Å². The molecule has 8 heteroatoms. The number of nitrogens with zero attached hydrogens (tertiary/aromatic N) is 1. The van der Waals surface area contributed by atoms with Gasteiger partial charge in [0.25, 0.3) is 5.91 Å². The molecule has 0 unspecified atom stereocenters. The van der Waals surface area contributed by atoms with Gasteiger partial charge in [-0.1, -0.05) is 0 Å². The second-order valence-electron chi connectivity index (χ2n) is 5.39. The van der Waals surface area contributed by atoms with E-state index in [1.54, 1.807) is 26.1 Å². The van der Waals surface area contributed by atoms with Gasteiger partial charge in [-0.3, -0.25) is 9.78 Å². The summed E-state index contributed by atoms with van der Waals surface area (Å²) in [5.41, 5.74) is 0.350. The normalized spacial score (nSPS) is 12.0. The van der Waals surface area contributed by atoms with Gasteiger partial charge >= 0.3 is 0 Å². The summed E-state index contributed by atoms with van der Waals surface area (Å²) in [7, 11) is -3.33. The van der Waals surface area contributed by atoms with Gasteiger partial charge < -0.3 is 10.6 Å². The Bertz CT molecular complexity index is 599. The molecule has 0 atom stereocenters. The minimum Gasteiger partial charge on any atom is -0.383 e. The lowest BCUT2D eigenvalue weighted by Gasteiger charge is -2.25. The van der Waals surface area contributed by atoms with Crippen LogP contribution in [0.2, 0.25) is 0 Å². The molecule has 1 amide bonds. The third kappa shape index (κ3) is 6.09. The molecule has 0 bridgehead atoms. The minimum absolute atomic E-state index is 0.173. The molecule has 0 aliphatic carbocycles. The molecule has 1 rings (SSSR count). The molecule has 0 saturated carbocycles. The molecule has 21 heavy (non-hydrogen) atoms. The molecule has 0 fully saturated rings. The summed E-state index contributed by atoms with van der Waals surface area (Å²) >= 11 is 0. The molecule has 7 nitrogen and oxygen atoms in total. The second-order valence-corrected chi connectivity index (χ2v) is 7.14. The van der Waals surface area contributed by atoms with Gasteiger partial charge in [0.05, 0.1) is 23.7 Å². The summed E-state index contributed by atoms with van der Waals surface area (Å²) < 4.78 is 25.0. The van der Waals surface area contributed by atoms with E-state index in [1.807, 2.05) is 6.92 Å². The number of amides is 1. The SMILES string of the molecule is CCNc1cnccc1C(=O)NCC(C)(C)NS(C)(=O)=O. The molecular weight excluding hydrogens is 292 g/mol. The molecule has 0 aromatic carbocycles. The Balaban J connectivity index is 2.74. The smallest absolute Gasteiger partial charge is 0.253 e. The number of aromatic nitrogens is 1. The predicted octanol–water partition coefficient (Wildman–Crippen LogP) is 0.571. The molecule has 0 saturated heterocycles. The lowest BCUT2D eigenvalue weighted by Crippen LogP contribution is -2.51. The van der Waals surface area contributed by atoms with Crippen LogP contribution >= 0.6 is 0 Å². The Hall–Kier alpha value is -1.67. The van der Waals surface area contributed by atoms with Crippen molar-refractivity contribution in [2.75, 3.05) is 24.7 Å². The number of pyridine rings is 1. The fourth-order valence-corrected chi connectivity index (χ4v) is 2.93. The fourth-order valence-electron chi connectivity index (χ4n) is 1.86. The monoisotopic (exact) mass is 314 g/mol. The average Bonchev–Trinajstić information content (AvgIpc) is 2.34. The number of sulfonamides is 1. The van der Waals surface area contributed by atoms with Crippen molar-refractivity contribution < 1.29 is 13.2 Å². The van der Waals surface area contributed by atoms with Crippen molar-refractivity contribution in [3.05, 3.63) is 24.0 Å². The first-order valence-electron chi connectivity index (χ1n) is 6.59. The number of nitrogens with one attached hydrogen (secondary N) is 3. The van der Waals surface area contributed by atoms with Crippen LogP contribution in [0.15, 0.2) is 18.5 Å². The van der Waals surface area contributed by atoms with Gasteiger partial charge in [0.1, 0.15) is 0 Å². The summed E-state index contributed by atoms with van der Waals surface area (Å²) in [5, 5.41) is 5.78. The number of rotatable bonds is 7. The van der Waals surface area contributed by atoms with Gasteiger partial charge in [0.15, 0.2) is 0 Å². The molecule has 0 radical (unpaired) electrons. The van der Waals surface area contributed by atoms with Crippen molar-refractivity contribution in [3.8, 4) is 0 Å². The highest BCUT2D eigenvalue weighted by molar-refractivity contribution is 7.88.